The molecule has 0 aromatic heterocycles. The van der Waals surface area contributed by atoms with Gasteiger partial charge in [-0.2, -0.15) is 0 Å². The Morgan fingerprint density at radius 1 is 1.06 bits per heavy atom. The highest BCUT2D eigenvalue weighted by Gasteiger charge is 2.07. The van der Waals surface area contributed by atoms with Crippen molar-refractivity contribution >= 4 is 17.4 Å². The van der Waals surface area contributed by atoms with Gasteiger partial charge >= 0.3 is 0 Å². The molecule has 2 rings (SSSR count). The summed E-state index contributed by atoms with van der Waals surface area (Å²) in [7, 11) is 0. The minimum Gasteiger partial charge on any atom is -0.294 e. The standard InChI is InChI=1S/C15H12ClFO/c16-10-9-15(18)12-7-5-11(6-8-12)13-3-1-2-4-14(13)17/h1-8H,9-10H2. The molecule has 0 bridgehead atoms. The molecule has 0 radical (unpaired) electrons. The highest BCUT2D eigenvalue weighted by atomic mass is 35.5. The normalized spacial score (nSPS) is 10.3. The molecule has 0 saturated heterocycles. The molecular formula is C15H12ClFO. The number of halogens is 2. The van der Waals surface area contributed by atoms with Gasteiger partial charge in [-0.25, -0.2) is 4.39 Å². The summed E-state index contributed by atoms with van der Waals surface area (Å²) >= 11 is 5.52. The minimum absolute atomic E-state index is 0.00471. The van der Waals surface area contributed by atoms with E-state index in [9.17, 15) is 9.18 Å². The Hall–Kier alpha value is -1.67. The van der Waals surface area contributed by atoms with E-state index in [1.165, 1.54) is 6.07 Å². The molecule has 0 aliphatic rings. The van der Waals surface area contributed by atoms with Crippen LogP contribution >= 0.6 is 11.6 Å². The van der Waals surface area contributed by atoms with Crippen LogP contribution in [0.1, 0.15) is 16.8 Å². The first-order valence-electron chi connectivity index (χ1n) is 5.66. The fourth-order valence-corrected chi connectivity index (χ4v) is 1.93. The van der Waals surface area contributed by atoms with Crippen molar-refractivity contribution in [2.45, 2.75) is 6.42 Å². The molecule has 0 amide bonds. The molecule has 1 nitrogen and oxygen atoms in total. The van der Waals surface area contributed by atoms with Crippen LogP contribution in [0.15, 0.2) is 48.5 Å². The van der Waals surface area contributed by atoms with E-state index < -0.39 is 0 Å². The van der Waals surface area contributed by atoms with E-state index in [-0.39, 0.29) is 11.6 Å². The zero-order valence-corrected chi connectivity index (χ0v) is 10.5. The van der Waals surface area contributed by atoms with E-state index >= 15 is 0 Å². The lowest BCUT2D eigenvalue weighted by Gasteiger charge is -2.04. The second-order valence-corrected chi connectivity index (χ2v) is 4.30. The van der Waals surface area contributed by atoms with Gasteiger partial charge in [0.25, 0.3) is 0 Å². The highest BCUT2D eigenvalue weighted by Crippen LogP contribution is 2.23. The van der Waals surface area contributed by atoms with E-state index in [2.05, 4.69) is 0 Å². The van der Waals surface area contributed by atoms with E-state index in [0.717, 1.165) is 5.56 Å². The predicted octanol–water partition coefficient (Wildman–Crippen LogP) is 4.30. The molecule has 0 fully saturated rings. The van der Waals surface area contributed by atoms with Gasteiger partial charge in [0.15, 0.2) is 5.78 Å². The maximum Gasteiger partial charge on any atom is 0.164 e. The van der Waals surface area contributed by atoms with E-state index in [1.807, 2.05) is 0 Å². The molecule has 0 saturated carbocycles. The minimum atomic E-state index is -0.266. The maximum absolute atomic E-state index is 13.6. The highest BCUT2D eigenvalue weighted by molar-refractivity contribution is 6.19. The Balaban J connectivity index is 2.28. The lowest BCUT2D eigenvalue weighted by Crippen LogP contribution is -1.99. The van der Waals surface area contributed by atoms with E-state index in [4.69, 9.17) is 11.6 Å². The smallest absolute Gasteiger partial charge is 0.164 e. The summed E-state index contributed by atoms with van der Waals surface area (Å²) < 4.78 is 13.6. The van der Waals surface area contributed by atoms with Crippen LogP contribution in [-0.2, 0) is 0 Å². The van der Waals surface area contributed by atoms with Crippen LogP contribution in [0.25, 0.3) is 11.1 Å². The Morgan fingerprint density at radius 2 is 1.72 bits per heavy atom. The fourth-order valence-electron chi connectivity index (χ4n) is 1.76. The Labute approximate surface area is 110 Å². The zero-order chi connectivity index (χ0) is 13.0. The first kappa shape index (κ1) is 12.8. The van der Waals surface area contributed by atoms with E-state index in [0.29, 0.717) is 23.4 Å². The van der Waals surface area contributed by atoms with Gasteiger partial charge in [0.1, 0.15) is 5.82 Å². The van der Waals surface area contributed by atoms with Crippen LogP contribution in [0, 0.1) is 5.82 Å². The second-order valence-electron chi connectivity index (χ2n) is 3.92. The molecule has 0 aliphatic carbocycles. The van der Waals surface area contributed by atoms with Crippen molar-refractivity contribution in [3.63, 3.8) is 0 Å². The third kappa shape index (κ3) is 2.77. The first-order chi connectivity index (χ1) is 8.72. The van der Waals surface area contributed by atoms with E-state index in [1.54, 1.807) is 42.5 Å². The SMILES string of the molecule is O=C(CCCl)c1ccc(-c2ccccc2F)cc1. The quantitative estimate of drug-likeness (QED) is 0.593. The molecule has 2 aromatic carbocycles. The van der Waals surface area contributed by atoms with Gasteiger partial charge in [0, 0.05) is 23.4 Å². The third-order valence-corrected chi connectivity index (χ3v) is 2.90. The van der Waals surface area contributed by atoms with Gasteiger partial charge in [-0.05, 0) is 11.6 Å². The largest absolute Gasteiger partial charge is 0.294 e. The summed E-state index contributed by atoms with van der Waals surface area (Å²) in [5.41, 5.74) is 1.90. The van der Waals surface area contributed by atoms with Gasteiger partial charge in [-0.15, -0.1) is 11.6 Å². The summed E-state index contributed by atoms with van der Waals surface area (Å²) in [6, 6.07) is 13.5. The zero-order valence-electron chi connectivity index (χ0n) is 9.70. The van der Waals surface area contributed by atoms with Gasteiger partial charge in [0.2, 0.25) is 0 Å². The maximum atomic E-state index is 13.6. The summed E-state index contributed by atoms with van der Waals surface area (Å²) in [6.07, 6.45) is 0.320. The van der Waals surface area contributed by atoms with Crippen molar-refractivity contribution in [3.8, 4) is 11.1 Å². The van der Waals surface area contributed by atoms with Crippen LogP contribution in [0.5, 0.6) is 0 Å². The molecular weight excluding hydrogens is 251 g/mol. The predicted molar refractivity (Wildman–Crippen MR) is 71.5 cm³/mol. The van der Waals surface area contributed by atoms with Gasteiger partial charge in [-0.1, -0.05) is 42.5 Å². The number of carbonyl (C=O) groups is 1. The monoisotopic (exact) mass is 262 g/mol. The number of hydrogen-bond acceptors (Lipinski definition) is 1. The van der Waals surface area contributed by atoms with Crippen LogP contribution < -0.4 is 0 Å². The summed E-state index contributed by atoms with van der Waals surface area (Å²) in [6.45, 7) is 0. The number of hydrogen-bond donors (Lipinski definition) is 0. The molecule has 0 atom stereocenters. The van der Waals surface area contributed by atoms with Gasteiger partial charge in [0.05, 0.1) is 0 Å². The molecule has 0 aliphatic heterocycles. The van der Waals surface area contributed by atoms with Crippen molar-refractivity contribution in [1.82, 2.24) is 0 Å². The van der Waals surface area contributed by atoms with Gasteiger partial charge < -0.3 is 0 Å². The van der Waals surface area contributed by atoms with Crippen molar-refractivity contribution < 1.29 is 9.18 Å². The molecule has 2 aromatic rings. The average Bonchev–Trinajstić information content (AvgIpc) is 2.40. The van der Waals surface area contributed by atoms with Gasteiger partial charge in [-0.3, -0.25) is 4.79 Å². The van der Waals surface area contributed by atoms with Crippen LogP contribution in [-0.4, -0.2) is 11.7 Å². The Bertz CT molecular complexity index is 549. The number of alkyl halides is 1. The molecule has 0 N–H and O–H groups in total. The molecule has 92 valence electrons. The fraction of sp³-hybridized carbons (Fsp3) is 0.133. The molecule has 18 heavy (non-hydrogen) atoms. The van der Waals surface area contributed by atoms with Crippen molar-refractivity contribution in [3.05, 3.63) is 59.9 Å². The van der Waals surface area contributed by atoms with Crippen LogP contribution in [0.3, 0.4) is 0 Å². The average molecular weight is 263 g/mol. The lowest BCUT2D eigenvalue weighted by molar-refractivity contribution is 0.0989. The second kappa shape index (κ2) is 5.78. The number of benzene rings is 2. The Kier molecular flexibility index (Phi) is 4.11. The Morgan fingerprint density at radius 3 is 2.33 bits per heavy atom. The number of carbonyl (C=O) groups excluding carboxylic acids is 1. The first-order valence-corrected chi connectivity index (χ1v) is 6.20. The number of Topliss-reactive ketones (excluding diaryl/α,β-unsaturated/α-hetero) is 1. The third-order valence-electron chi connectivity index (χ3n) is 2.71. The molecule has 0 unspecified atom stereocenters. The van der Waals surface area contributed by atoms with Crippen LogP contribution in [0.2, 0.25) is 0 Å². The molecule has 0 spiro atoms. The number of ketones is 1. The lowest BCUT2D eigenvalue weighted by atomic mass is 10.0. The van der Waals surface area contributed by atoms with Crippen molar-refractivity contribution in [2.75, 3.05) is 5.88 Å². The molecule has 3 heteroatoms. The van der Waals surface area contributed by atoms with Crippen LogP contribution in [0.4, 0.5) is 4.39 Å². The van der Waals surface area contributed by atoms with Crippen molar-refractivity contribution in [1.29, 1.82) is 0 Å². The number of rotatable bonds is 4. The summed E-state index contributed by atoms with van der Waals surface area (Å²) in [5, 5.41) is 0. The molecule has 0 heterocycles. The summed E-state index contributed by atoms with van der Waals surface area (Å²) in [4.78, 5) is 11.6. The summed E-state index contributed by atoms with van der Waals surface area (Å²) in [5.74, 6) is 0.0517. The topological polar surface area (TPSA) is 17.1 Å². The van der Waals surface area contributed by atoms with Crippen molar-refractivity contribution in [2.24, 2.45) is 0 Å².